The van der Waals surface area contributed by atoms with Gasteiger partial charge in [-0.25, -0.2) is 0 Å². The van der Waals surface area contributed by atoms with Gasteiger partial charge in [0.25, 0.3) is 0 Å². The average Bonchev–Trinajstić information content (AvgIpc) is 2.53. The highest BCUT2D eigenvalue weighted by Crippen LogP contribution is 2.12. The van der Waals surface area contributed by atoms with Crippen LogP contribution in [0.3, 0.4) is 0 Å². The van der Waals surface area contributed by atoms with Crippen molar-refractivity contribution in [2.75, 3.05) is 0 Å². The van der Waals surface area contributed by atoms with Crippen molar-refractivity contribution >= 4 is 30.6 Å². The molecule has 0 unspecified atom stereocenters. The molecule has 1 heteroatoms. The van der Waals surface area contributed by atoms with E-state index in [0.29, 0.717) is 0 Å². The lowest BCUT2D eigenvalue weighted by molar-refractivity contribution is -0.104. The molecule has 0 amide bonds. The normalized spacial score (nSPS) is 11.7. The Morgan fingerprint density at radius 2 is 1.00 bits per heavy atom. The van der Waals surface area contributed by atoms with Crippen LogP contribution in [0.25, 0.3) is 24.3 Å². The molecular formula is C20H18O. The van der Waals surface area contributed by atoms with Crippen LogP contribution in [0, 0.1) is 0 Å². The van der Waals surface area contributed by atoms with Crippen molar-refractivity contribution in [3.63, 3.8) is 0 Å². The van der Waals surface area contributed by atoms with Gasteiger partial charge in [-0.05, 0) is 35.3 Å². The second kappa shape index (κ2) is 7.81. The molecule has 0 saturated carbocycles. The predicted molar refractivity (Wildman–Crippen MR) is 91.6 cm³/mol. The summed E-state index contributed by atoms with van der Waals surface area (Å²) in [4.78, 5) is 10.3. The summed E-state index contributed by atoms with van der Waals surface area (Å²) in [6.07, 6.45) is 12.4. The average molecular weight is 274 g/mol. The van der Waals surface area contributed by atoms with E-state index in [1.165, 1.54) is 17.2 Å². The van der Waals surface area contributed by atoms with Crippen molar-refractivity contribution in [3.8, 4) is 0 Å². The second-order valence-electron chi connectivity index (χ2n) is 4.66. The van der Waals surface area contributed by atoms with Crippen molar-refractivity contribution in [1.29, 1.82) is 0 Å². The number of carbonyl (C=O) groups excluding carboxylic acids is 1. The van der Waals surface area contributed by atoms with Gasteiger partial charge in [0.2, 0.25) is 0 Å². The first-order valence-electron chi connectivity index (χ1n) is 6.94. The zero-order chi connectivity index (χ0) is 14.9. The van der Waals surface area contributed by atoms with E-state index in [1.54, 1.807) is 6.08 Å². The van der Waals surface area contributed by atoms with Crippen molar-refractivity contribution in [1.82, 2.24) is 0 Å². The molecule has 0 radical (unpaired) electrons. The summed E-state index contributed by atoms with van der Waals surface area (Å²) in [5.74, 6) is 0. The van der Waals surface area contributed by atoms with E-state index in [4.69, 9.17) is 0 Å². The summed E-state index contributed by atoms with van der Waals surface area (Å²) in [6.45, 7) is 2.02. The molecule has 0 aliphatic heterocycles. The van der Waals surface area contributed by atoms with Crippen molar-refractivity contribution in [2.45, 2.75) is 6.92 Å². The SMILES string of the molecule is CC=Cc1ccc(C=Cc2ccc(C=CC=O)cc2)cc1. The van der Waals surface area contributed by atoms with Crippen molar-refractivity contribution in [2.24, 2.45) is 0 Å². The molecule has 0 fully saturated rings. The van der Waals surface area contributed by atoms with E-state index in [2.05, 4.69) is 42.5 Å². The molecule has 0 bridgehead atoms. The number of aldehydes is 1. The Bertz CT molecular complexity index is 656. The summed E-state index contributed by atoms with van der Waals surface area (Å²) in [6, 6.07) is 16.5. The lowest BCUT2D eigenvalue weighted by atomic mass is 10.1. The summed E-state index contributed by atoms with van der Waals surface area (Å²) >= 11 is 0. The van der Waals surface area contributed by atoms with Gasteiger partial charge in [0.15, 0.2) is 0 Å². The molecule has 21 heavy (non-hydrogen) atoms. The molecule has 0 aromatic heterocycles. The van der Waals surface area contributed by atoms with E-state index < -0.39 is 0 Å². The number of carbonyl (C=O) groups is 1. The first-order valence-corrected chi connectivity index (χ1v) is 6.94. The van der Waals surface area contributed by atoms with Crippen LogP contribution in [0.1, 0.15) is 29.2 Å². The summed E-state index contributed by atoms with van der Waals surface area (Å²) in [5, 5.41) is 0. The fraction of sp³-hybridized carbons (Fsp3) is 0.0500. The molecule has 2 aromatic rings. The minimum absolute atomic E-state index is 0.783. The van der Waals surface area contributed by atoms with Gasteiger partial charge >= 0.3 is 0 Å². The maximum Gasteiger partial charge on any atom is 0.142 e. The first kappa shape index (κ1) is 14.7. The largest absolute Gasteiger partial charge is 0.299 e. The zero-order valence-corrected chi connectivity index (χ0v) is 12.1. The van der Waals surface area contributed by atoms with E-state index >= 15 is 0 Å². The summed E-state index contributed by atoms with van der Waals surface area (Å²) in [5.41, 5.74) is 4.54. The highest BCUT2D eigenvalue weighted by Gasteiger charge is 1.90. The van der Waals surface area contributed by atoms with Gasteiger partial charge in [-0.1, -0.05) is 78.9 Å². The Kier molecular flexibility index (Phi) is 5.48. The molecule has 0 N–H and O–H groups in total. The van der Waals surface area contributed by atoms with E-state index in [-0.39, 0.29) is 0 Å². The molecule has 0 saturated heterocycles. The molecule has 0 heterocycles. The Hall–Kier alpha value is -2.67. The van der Waals surface area contributed by atoms with Crippen LogP contribution < -0.4 is 0 Å². The molecule has 0 spiro atoms. The molecule has 2 rings (SSSR count). The lowest BCUT2D eigenvalue weighted by Gasteiger charge is -1.97. The molecular weight excluding hydrogens is 256 g/mol. The molecule has 0 aliphatic rings. The monoisotopic (exact) mass is 274 g/mol. The molecule has 0 atom stereocenters. The van der Waals surface area contributed by atoms with Crippen molar-refractivity contribution < 1.29 is 4.79 Å². The van der Waals surface area contributed by atoms with Crippen LogP contribution in [-0.2, 0) is 4.79 Å². The van der Waals surface area contributed by atoms with Crippen LogP contribution in [0.15, 0.2) is 60.7 Å². The third kappa shape index (κ3) is 4.73. The number of benzene rings is 2. The van der Waals surface area contributed by atoms with Crippen LogP contribution in [0.5, 0.6) is 0 Å². The maximum atomic E-state index is 10.3. The lowest BCUT2D eigenvalue weighted by Crippen LogP contribution is -1.76. The van der Waals surface area contributed by atoms with E-state index in [9.17, 15) is 4.79 Å². The minimum atomic E-state index is 0.783. The smallest absolute Gasteiger partial charge is 0.142 e. The van der Waals surface area contributed by atoms with Gasteiger partial charge in [0.05, 0.1) is 0 Å². The van der Waals surface area contributed by atoms with Crippen LogP contribution in [0.2, 0.25) is 0 Å². The molecule has 2 aromatic carbocycles. The Labute approximate surface area is 126 Å². The van der Waals surface area contributed by atoms with Gasteiger partial charge < -0.3 is 0 Å². The standard InChI is InChI=1S/C20H18O/c1-2-4-17-6-10-19(11-7-17)14-15-20-12-8-18(9-13-20)5-3-16-21/h2-16H,1H3. The van der Waals surface area contributed by atoms with Crippen LogP contribution >= 0.6 is 0 Å². The third-order valence-corrected chi connectivity index (χ3v) is 3.07. The highest BCUT2D eigenvalue weighted by molar-refractivity contribution is 5.75. The van der Waals surface area contributed by atoms with Crippen LogP contribution in [-0.4, -0.2) is 6.29 Å². The Morgan fingerprint density at radius 1 is 0.619 bits per heavy atom. The van der Waals surface area contributed by atoms with Gasteiger partial charge in [-0.2, -0.15) is 0 Å². The maximum absolute atomic E-state index is 10.3. The number of hydrogen-bond acceptors (Lipinski definition) is 1. The quantitative estimate of drug-likeness (QED) is 0.421. The predicted octanol–water partition coefficient (Wildman–Crippen LogP) is 5.10. The van der Waals surface area contributed by atoms with Gasteiger partial charge in [-0.15, -0.1) is 0 Å². The second-order valence-corrected chi connectivity index (χ2v) is 4.66. The fourth-order valence-corrected chi connectivity index (χ4v) is 1.97. The zero-order valence-electron chi connectivity index (χ0n) is 12.1. The number of hydrogen-bond donors (Lipinski definition) is 0. The van der Waals surface area contributed by atoms with Crippen LogP contribution in [0.4, 0.5) is 0 Å². The Balaban J connectivity index is 2.06. The Morgan fingerprint density at radius 3 is 1.38 bits per heavy atom. The van der Waals surface area contributed by atoms with E-state index in [0.717, 1.165) is 17.4 Å². The van der Waals surface area contributed by atoms with E-state index in [1.807, 2.05) is 37.3 Å². The number of rotatable bonds is 5. The molecule has 1 nitrogen and oxygen atoms in total. The summed E-state index contributed by atoms with van der Waals surface area (Å²) < 4.78 is 0. The molecule has 0 aliphatic carbocycles. The molecule has 104 valence electrons. The summed E-state index contributed by atoms with van der Waals surface area (Å²) in [7, 11) is 0. The minimum Gasteiger partial charge on any atom is -0.299 e. The highest BCUT2D eigenvalue weighted by atomic mass is 16.1. The first-order chi connectivity index (χ1) is 10.3. The van der Waals surface area contributed by atoms with Gasteiger partial charge in [0, 0.05) is 0 Å². The van der Waals surface area contributed by atoms with Gasteiger partial charge in [0.1, 0.15) is 6.29 Å². The van der Waals surface area contributed by atoms with Gasteiger partial charge in [-0.3, -0.25) is 4.79 Å². The topological polar surface area (TPSA) is 17.1 Å². The third-order valence-electron chi connectivity index (χ3n) is 3.07. The van der Waals surface area contributed by atoms with Crippen molar-refractivity contribution in [3.05, 3.63) is 82.9 Å². The number of allylic oxidation sites excluding steroid dienone is 2. The fourth-order valence-electron chi connectivity index (χ4n) is 1.97.